The number of hydrogen-bond acceptors (Lipinski definition) is 4. The number of nitrogens with zero attached hydrogens (tertiary/aromatic N) is 1. The first-order valence-electron chi connectivity index (χ1n) is 6.93. The molecule has 2 atom stereocenters. The number of likely N-dealkylation sites (tertiary alicyclic amines) is 1. The highest BCUT2D eigenvalue weighted by Crippen LogP contribution is 2.25. The van der Waals surface area contributed by atoms with Crippen LogP contribution < -0.4 is 5.32 Å². The molecule has 1 aromatic carbocycles. The van der Waals surface area contributed by atoms with Gasteiger partial charge < -0.3 is 10.4 Å². The van der Waals surface area contributed by atoms with Crippen molar-refractivity contribution in [3.8, 4) is 0 Å². The molecule has 1 heterocycles. The van der Waals surface area contributed by atoms with Gasteiger partial charge in [-0.15, -0.1) is 11.8 Å². The summed E-state index contributed by atoms with van der Waals surface area (Å²) in [7, 11) is 0. The Morgan fingerprint density at radius 1 is 1.55 bits per heavy atom. The van der Waals surface area contributed by atoms with E-state index in [9.17, 15) is 9.90 Å². The molecule has 4 nitrogen and oxygen atoms in total. The van der Waals surface area contributed by atoms with Crippen LogP contribution in [0.4, 0.5) is 5.69 Å². The number of benzene rings is 1. The van der Waals surface area contributed by atoms with Gasteiger partial charge in [0.25, 0.3) is 0 Å². The van der Waals surface area contributed by atoms with Gasteiger partial charge >= 0.3 is 0 Å². The third-order valence-corrected chi connectivity index (χ3v) is 4.54. The molecule has 2 rings (SSSR count). The van der Waals surface area contributed by atoms with Crippen LogP contribution in [0.2, 0.25) is 0 Å². The first-order chi connectivity index (χ1) is 9.60. The molecule has 1 aliphatic heterocycles. The van der Waals surface area contributed by atoms with Gasteiger partial charge in [0, 0.05) is 11.4 Å². The van der Waals surface area contributed by atoms with Gasteiger partial charge in [-0.05, 0) is 44.2 Å². The fraction of sp³-hybridized carbons (Fsp3) is 0.533. The number of rotatable bonds is 5. The highest BCUT2D eigenvalue weighted by molar-refractivity contribution is 7.98. The normalized spacial score (nSPS) is 20.9. The second-order valence-corrected chi connectivity index (χ2v) is 6.12. The monoisotopic (exact) mass is 294 g/mol. The van der Waals surface area contributed by atoms with Crippen LogP contribution in [-0.4, -0.2) is 47.9 Å². The Hall–Kier alpha value is -1.04. The lowest BCUT2D eigenvalue weighted by atomic mass is 10.0. The van der Waals surface area contributed by atoms with Crippen LogP contribution >= 0.6 is 11.8 Å². The Balaban J connectivity index is 1.87. The Morgan fingerprint density at radius 3 is 2.95 bits per heavy atom. The lowest BCUT2D eigenvalue weighted by molar-refractivity contribution is -0.117. The highest BCUT2D eigenvalue weighted by Gasteiger charge is 2.27. The zero-order valence-electron chi connectivity index (χ0n) is 12.0. The van der Waals surface area contributed by atoms with E-state index in [0.29, 0.717) is 12.5 Å². The summed E-state index contributed by atoms with van der Waals surface area (Å²) in [6, 6.07) is 7.82. The number of nitrogens with one attached hydrogen (secondary N) is 1. The van der Waals surface area contributed by atoms with Crippen molar-refractivity contribution in [1.29, 1.82) is 0 Å². The van der Waals surface area contributed by atoms with Crippen LogP contribution in [0.5, 0.6) is 0 Å². The van der Waals surface area contributed by atoms with Crippen LogP contribution in [0.3, 0.4) is 0 Å². The largest absolute Gasteiger partial charge is 0.393 e. The third kappa shape index (κ3) is 3.98. The fourth-order valence-electron chi connectivity index (χ4n) is 2.54. The second kappa shape index (κ2) is 7.11. The van der Waals surface area contributed by atoms with Gasteiger partial charge in [0.15, 0.2) is 0 Å². The number of anilines is 1. The van der Waals surface area contributed by atoms with Gasteiger partial charge in [-0.25, -0.2) is 0 Å². The van der Waals surface area contributed by atoms with Crippen LogP contribution in [0, 0.1) is 5.92 Å². The summed E-state index contributed by atoms with van der Waals surface area (Å²) in [5.41, 5.74) is 0.872. The Morgan fingerprint density at radius 2 is 2.30 bits per heavy atom. The van der Waals surface area contributed by atoms with Crippen molar-refractivity contribution in [3.05, 3.63) is 24.3 Å². The van der Waals surface area contributed by atoms with E-state index in [2.05, 4.69) is 10.2 Å². The summed E-state index contributed by atoms with van der Waals surface area (Å²) < 4.78 is 0. The van der Waals surface area contributed by atoms with Crippen LogP contribution in [0.15, 0.2) is 29.2 Å². The average molecular weight is 294 g/mol. The molecule has 5 heteroatoms. The first-order valence-corrected chi connectivity index (χ1v) is 8.16. The van der Waals surface area contributed by atoms with Gasteiger partial charge in [-0.1, -0.05) is 12.1 Å². The zero-order valence-corrected chi connectivity index (χ0v) is 12.8. The van der Waals surface area contributed by atoms with E-state index in [1.165, 1.54) is 0 Å². The number of thioether (sulfide) groups is 1. The summed E-state index contributed by atoms with van der Waals surface area (Å²) in [4.78, 5) is 15.3. The molecule has 0 saturated carbocycles. The molecule has 1 amide bonds. The topological polar surface area (TPSA) is 52.6 Å². The molecular weight excluding hydrogens is 272 g/mol. The maximum Gasteiger partial charge on any atom is 0.238 e. The Kier molecular flexibility index (Phi) is 5.46. The van der Waals surface area contributed by atoms with Crippen LogP contribution in [0.25, 0.3) is 0 Å². The summed E-state index contributed by atoms with van der Waals surface area (Å²) >= 11 is 1.62. The van der Waals surface area contributed by atoms with E-state index >= 15 is 0 Å². The van der Waals surface area contributed by atoms with Gasteiger partial charge in [0.1, 0.15) is 0 Å². The van der Waals surface area contributed by atoms with E-state index in [-0.39, 0.29) is 12.0 Å². The highest BCUT2D eigenvalue weighted by atomic mass is 32.2. The molecule has 2 N–H and O–H groups in total. The molecule has 0 aliphatic carbocycles. The minimum absolute atomic E-state index is 0.0118. The van der Waals surface area contributed by atoms with Gasteiger partial charge in [-0.2, -0.15) is 0 Å². The van der Waals surface area contributed by atoms with Crippen molar-refractivity contribution in [2.75, 3.05) is 31.2 Å². The molecule has 2 unspecified atom stereocenters. The molecule has 1 fully saturated rings. The predicted octanol–water partition coefficient (Wildman–Crippen LogP) is 2.05. The molecule has 110 valence electrons. The molecule has 0 spiro atoms. The number of para-hydroxylation sites is 1. The van der Waals surface area contributed by atoms with Gasteiger partial charge in [-0.3, -0.25) is 9.69 Å². The SMILES string of the molecule is CSc1ccccc1NC(=O)CN1CCC(C(C)O)C1. The molecule has 1 aromatic rings. The maximum absolute atomic E-state index is 12.1. The number of hydrogen-bond donors (Lipinski definition) is 2. The standard InChI is InChI=1S/C15H22N2O2S/c1-11(18)12-7-8-17(9-12)10-15(19)16-13-5-3-4-6-14(13)20-2/h3-6,11-12,18H,7-10H2,1-2H3,(H,16,19). The number of carbonyl (C=O) groups excluding carboxylic acids is 1. The molecule has 1 saturated heterocycles. The van der Waals surface area contributed by atoms with Gasteiger partial charge in [0.2, 0.25) is 5.91 Å². The van der Waals surface area contributed by atoms with E-state index in [1.807, 2.05) is 37.4 Å². The second-order valence-electron chi connectivity index (χ2n) is 5.27. The lowest BCUT2D eigenvalue weighted by Gasteiger charge is -2.17. The molecule has 20 heavy (non-hydrogen) atoms. The first kappa shape index (κ1) is 15.4. The van der Waals surface area contributed by atoms with Crippen LogP contribution in [0.1, 0.15) is 13.3 Å². The smallest absolute Gasteiger partial charge is 0.238 e. The summed E-state index contributed by atoms with van der Waals surface area (Å²) in [6.45, 7) is 3.90. The number of amides is 1. The van der Waals surface area contributed by atoms with Crippen molar-refractivity contribution in [2.45, 2.75) is 24.3 Å². The quantitative estimate of drug-likeness (QED) is 0.816. The van der Waals surface area contributed by atoms with E-state index < -0.39 is 0 Å². The lowest BCUT2D eigenvalue weighted by Crippen LogP contribution is -2.32. The van der Waals surface area contributed by atoms with Gasteiger partial charge in [0.05, 0.1) is 18.3 Å². The number of aliphatic hydroxyl groups excluding tert-OH is 1. The fourth-order valence-corrected chi connectivity index (χ4v) is 3.09. The Bertz CT molecular complexity index is 465. The van der Waals surface area contributed by atoms with E-state index in [4.69, 9.17) is 0 Å². The average Bonchev–Trinajstić information content (AvgIpc) is 2.88. The van der Waals surface area contributed by atoms with Crippen LogP contribution in [-0.2, 0) is 4.79 Å². The van der Waals surface area contributed by atoms with Crippen molar-refractivity contribution >= 4 is 23.4 Å². The van der Waals surface area contributed by atoms with Crippen molar-refractivity contribution in [2.24, 2.45) is 5.92 Å². The molecular formula is C15H22N2O2S. The maximum atomic E-state index is 12.1. The molecule has 0 radical (unpaired) electrons. The molecule has 0 bridgehead atoms. The molecule has 1 aliphatic rings. The summed E-state index contributed by atoms with van der Waals surface area (Å²) in [5.74, 6) is 0.305. The number of carbonyl (C=O) groups is 1. The minimum atomic E-state index is -0.291. The molecule has 0 aromatic heterocycles. The van der Waals surface area contributed by atoms with Crippen molar-refractivity contribution < 1.29 is 9.90 Å². The zero-order chi connectivity index (χ0) is 14.5. The summed E-state index contributed by atoms with van der Waals surface area (Å²) in [6.07, 6.45) is 2.67. The number of aliphatic hydroxyl groups is 1. The third-order valence-electron chi connectivity index (χ3n) is 3.74. The van der Waals surface area contributed by atoms with E-state index in [0.717, 1.165) is 30.1 Å². The predicted molar refractivity (Wildman–Crippen MR) is 83.1 cm³/mol. The van der Waals surface area contributed by atoms with E-state index in [1.54, 1.807) is 11.8 Å². The Labute approximate surface area is 124 Å². The van der Waals surface area contributed by atoms with Crippen molar-refractivity contribution in [3.63, 3.8) is 0 Å². The summed E-state index contributed by atoms with van der Waals surface area (Å²) in [5, 5.41) is 12.5. The van der Waals surface area contributed by atoms with Crippen molar-refractivity contribution in [1.82, 2.24) is 4.90 Å². The minimum Gasteiger partial charge on any atom is -0.393 e.